The lowest BCUT2D eigenvalue weighted by Crippen LogP contribution is -2.13. The predicted octanol–water partition coefficient (Wildman–Crippen LogP) is 4.22. The van der Waals surface area contributed by atoms with Gasteiger partial charge in [-0.25, -0.2) is 4.98 Å². The average molecular weight is 349 g/mol. The van der Waals surface area contributed by atoms with Gasteiger partial charge in [0.1, 0.15) is 5.52 Å². The van der Waals surface area contributed by atoms with Gasteiger partial charge in [-0.3, -0.25) is 4.79 Å². The second kappa shape index (κ2) is 6.44. The molecule has 23 heavy (non-hydrogen) atoms. The molecule has 1 amide bonds. The number of nitrogens with one attached hydrogen (secondary N) is 1. The molecule has 1 N–H and O–H groups in total. The maximum atomic E-state index is 12.6. The average Bonchev–Trinajstić information content (AvgIpc) is 3.07. The highest BCUT2D eigenvalue weighted by atomic mass is 35.5. The number of halogens is 1. The SMILES string of the molecule is COc1cccc(C(=O)Nc2ccc(Cl)c3ncsc23)c1OC. The number of carbonyl (C=O) groups is 1. The summed E-state index contributed by atoms with van der Waals surface area (Å²) in [6, 6.07) is 8.62. The number of fused-ring (bicyclic) bond motifs is 1. The van der Waals surface area contributed by atoms with Crippen LogP contribution in [0.2, 0.25) is 5.02 Å². The fraction of sp³-hybridized carbons (Fsp3) is 0.125. The molecular weight excluding hydrogens is 336 g/mol. The van der Waals surface area contributed by atoms with Gasteiger partial charge >= 0.3 is 0 Å². The molecule has 1 heterocycles. The van der Waals surface area contributed by atoms with Crippen molar-refractivity contribution in [2.75, 3.05) is 19.5 Å². The number of para-hydroxylation sites is 1. The van der Waals surface area contributed by atoms with E-state index < -0.39 is 0 Å². The van der Waals surface area contributed by atoms with E-state index >= 15 is 0 Å². The van der Waals surface area contributed by atoms with Crippen LogP contribution < -0.4 is 14.8 Å². The Morgan fingerprint density at radius 3 is 2.78 bits per heavy atom. The highest BCUT2D eigenvalue weighted by Crippen LogP contribution is 2.34. The molecule has 3 rings (SSSR count). The number of rotatable bonds is 4. The van der Waals surface area contributed by atoms with E-state index in [1.165, 1.54) is 25.6 Å². The predicted molar refractivity (Wildman–Crippen MR) is 92.1 cm³/mol. The molecule has 2 aromatic carbocycles. The van der Waals surface area contributed by atoms with E-state index in [4.69, 9.17) is 21.1 Å². The molecule has 5 nitrogen and oxygen atoms in total. The van der Waals surface area contributed by atoms with E-state index in [0.717, 1.165) is 4.70 Å². The lowest BCUT2D eigenvalue weighted by molar-refractivity contribution is 0.102. The van der Waals surface area contributed by atoms with Crippen molar-refractivity contribution >= 4 is 44.7 Å². The molecule has 0 aliphatic carbocycles. The van der Waals surface area contributed by atoms with Gasteiger partial charge in [0.25, 0.3) is 5.91 Å². The summed E-state index contributed by atoms with van der Waals surface area (Å²) in [5.74, 6) is 0.596. The fourth-order valence-electron chi connectivity index (χ4n) is 2.27. The zero-order chi connectivity index (χ0) is 16.4. The number of anilines is 1. The van der Waals surface area contributed by atoms with Gasteiger partial charge in [-0.2, -0.15) is 0 Å². The van der Waals surface area contributed by atoms with Crippen LogP contribution in [0, 0.1) is 0 Å². The van der Waals surface area contributed by atoms with Crippen molar-refractivity contribution in [2.45, 2.75) is 0 Å². The number of hydrogen-bond donors (Lipinski definition) is 1. The van der Waals surface area contributed by atoms with Crippen LogP contribution in [0.5, 0.6) is 11.5 Å². The molecule has 0 bridgehead atoms. The van der Waals surface area contributed by atoms with Crippen molar-refractivity contribution in [3.8, 4) is 11.5 Å². The van der Waals surface area contributed by atoms with Crippen molar-refractivity contribution in [1.82, 2.24) is 4.98 Å². The van der Waals surface area contributed by atoms with E-state index in [9.17, 15) is 4.79 Å². The third kappa shape index (κ3) is 2.83. The molecule has 0 aliphatic rings. The molecule has 0 spiro atoms. The van der Waals surface area contributed by atoms with Gasteiger partial charge in [0, 0.05) is 0 Å². The first-order valence-corrected chi connectivity index (χ1v) is 7.95. The molecule has 0 saturated carbocycles. The van der Waals surface area contributed by atoms with Crippen LogP contribution >= 0.6 is 22.9 Å². The number of aromatic nitrogens is 1. The van der Waals surface area contributed by atoms with Crippen molar-refractivity contribution in [3.63, 3.8) is 0 Å². The maximum absolute atomic E-state index is 12.6. The van der Waals surface area contributed by atoms with Crippen LogP contribution in [0.25, 0.3) is 10.2 Å². The number of thiazole rings is 1. The summed E-state index contributed by atoms with van der Waals surface area (Å²) in [4.78, 5) is 16.8. The van der Waals surface area contributed by atoms with E-state index in [2.05, 4.69) is 10.3 Å². The molecule has 0 fully saturated rings. The monoisotopic (exact) mass is 348 g/mol. The summed E-state index contributed by atoms with van der Waals surface area (Å²) < 4.78 is 11.3. The molecule has 3 aromatic rings. The first-order chi connectivity index (χ1) is 11.2. The third-order valence-electron chi connectivity index (χ3n) is 3.33. The van der Waals surface area contributed by atoms with E-state index in [1.807, 2.05) is 0 Å². The molecular formula is C16H13ClN2O3S. The van der Waals surface area contributed by atoms with Gasteiger partial charge < -0.3 is 14.8 Å². The van der Waals surface area contributed by atoms with Gasteiger partial charge in [0.2, 0.25) is 0 Å². The van der Waals surface area contributed by atoms with Crippen LogP contribution in [0.15, 0.2) is 35.8 Å². The van der Waals surface area contributed by atoms with Crippen molar-refractivity contribution in [1.29, 1.82) is 0 Å². The summed E-state index contributed by atoms with van der Waals surface area (Å²) >= 11 is 7.52. The van der Waals surface area contributed by atoms with Crippen LogP contribution in [0.3, 0.4) is 0 Å². The van der Waals surface area contributed by atoms with Crippen molar-refractivity contribution in [2.24, 2.45) is 0 Å². The fourth-order valence-corrected chi connectivity index (χ4v) is 3.32. The topological polar surface area (TPSA) is 60.5 Å². The molecule has 1 aromatic heterocycles. The minimum absolute atomic E-state index is 0.294. The number of benzene rings is 2. The number of amides is 1. The Morgan fingerprint density at radius 2 is 2.04 bits per heavy atom. The first kappa shape index (κ1) is 15.6. The van der Waals surface area contributed by atoms with Gasteiger partial charge in [-0.05, 0) is 24.3 Å². The largest absolute Gasteiger partial charge is 0.493 e. The van der Waals surface area contributed by atoms with Gasteiger partial charge in [0.15, 0.2) is 11.5 Å². The van der Waals surface area contributed by atoms with Crippen molar-refractivity contribution in [3.05, 3.63) is 46.4 Å². The molecule has 118 valence electrons. The second-order valence-corrected chi connectivity index (χ2v) is 5.88. The summed E-state index contributed by atoms with van der Waals surface area (Å²) in [5, 5.41) is 3.43. The quantitative estimate of drug-likeness (QED) is 0.766. The lowest BCUT2D eigenvalue weighted by Gasteiger charge is -2.13. The number of hydrogen-bond acceptors (Lipinski definition) is 5. The normalized spacial score (nSPS) is 10.6. The molecule has 0 saturated heterocycles. The lowest BCUT2D eigenvalue weighted by atomic mass is 10.1. The maximum Gasteiger partial charge on any atom is 0.259 e. The molecule has 0 aliphatic heterocycles. The highest BCUT2D eigenvalue weighted by Gasteiger charge is 2.18. The molecule has 0 unspecified atom stereocenters. The Labute approximate surface area is 141 Å². The standard InChI is InChI=1S/C16H13ClN2O3S/c1-21-12-5-3-4-9(14(12)22-2)16(20)19-11-7-6-10(17)13-15(11)23-8-18-13/h3-8H,1-2H3,(H,19,20). The van der Waals surface area contributed by atoms with Crippen LogP contribution in [0.1, 0.15) is 10.4 Å². The zero-order valence-electron chi connectivity index (χ0n) is 12.4. The van der Waals surface area contributed by atoms with Crippen LogP contribution in [-0.2, 0) is 0 Å². The minimum Gasteiger partial charge on any atom is -0.493 e. The minimum atomic E-state index is -0.294. The Kier molecular flexibility index (Phi) is 4.36. The molecule has 7 heteroatoms. The molecule has 0 radical (unpaired) electrons. The number of methoxy groups -OCH3 is 2. The summed E-state index contributed by atoms with van der Waals surface area (Å²) in [7, 11) is 3.03. The third-order valence-corrected chi connectivity index (χ3v) is 4.50. The van der Waals surface area contributed by atoms with Gasteiger partial charge in [0.05, 0.1) is 40.7 Å². The molecule has 0 atom stereocenters. The Bertz CT molecular complexity index is 879. The van der Waals surface area contributed by atoms with E-state index in [-0.39, 0.29) is 5.91 Å². The Morgan fingerprint density at radius 1 is 1.22 bits per heavy atom. The van der Waals surface area contributed by atoms with E-state index in [1.54, 1.807) is 35.8 Å². The second-order valence-electron chi connectivity index (χ2n) is 4.62. The summed E-state index contributed by atoms with van der Waals surface area (Å²) in [6.45, 7) is 0. The number of ether oxygens (including phenoxy) is 2. The smallest absolute Gasteiger partial charge is 0.259 e. The number of carbonyl (C=O) groups excluding carboxylic acids is 1. The van der Waals surface area contributed by atoms with Gasteiger partial charge in [-0.1, -0.05) is 17.7 Å². The Balaban J connectivity index is 1.99. The zero-order valence-corrected chi connectivity index (χ0v) is 14.0. The van der Waals surface area contributed by atoms with E-state index in [0.29, 0.717) is 33.3 Å². The number of nitrogens with zero attached hydrogens (tertiary/aromatic N) is 1. The summed E-state index contributed by atoms with van der Waals surface area (Å²) in [5.41, 5.74) is 3.41. The summed E-state index contributed by atoms with van der Waals surface area (Å²) in [6.07, 6.45) is 0. The van der Waals surface area contributed by atoms with Crippen LogP contribution in [0.4, 0.5) is 5.69 Å². The Hall–Kier alpha value is -2.31. The van der Waals surface area contributed by atoms with Crippen LogP contribution in [-0.4, -0.2) is 25.1 Å². The van der Waals surface area contributed by atoms with Crippen molar-refractivity contribution < 1.29 is 14.3 Å². The highest BCUT2D eigenvalue weighted by molar-refractivity contribution is 7.17. The first-order valence-electron chi connectivity index (χ1n) is 6.69. The van der Waals surface area contributed by atoms with Gasteiger partial charge in [-0.15, -0.1) is 11.3 Å².